The molecule has 0 spiro atoms. The number of H-pyrrole nitrogens is 2. The number of hydrogen-bond donors (Lipinski definition) is 4. The van der Waals surface area contributed by atoms with Gasteiger partial charge < -0.3 is 10.8 Å². The second-order valence-electron chi connectivity index (χ2n) is 4.53. The molecule has 0 amide bonds. The molecule has 24 heavy (non-hydrogen) atoms. The van der Waals surface area contributed by atoms with Crippen molar-refractivity contribution in [1.82, 2.24) is 34.8 Å². The predicted molar refractivity (Wildman–Crippen MR) is 93.5 cm³/mol. The number of aromatic nitrogens is 7. The Morgan fingerprint density at radius 3 is 2.50 bits per heavy atom. The maximum atomic E-state index is 12.0. The molecular formula is C12H18N8O2S2. The molecule has 5 N–H and O–H groups in total. The summed E-state index contributed by atoms with van der Waals surface area (Å²) in [7, 11) is 0. The van der Waals surface area contributed by atoms with Gasteiger partial charge in [-0.05, 0) is 19.4 Å². The van der Waals surface area contributed by atoms with Crippen molar-refractivity contribution < 1.29 is 5.11 Å². The molecule has 0 aliphatic carbocycles. The molecule has 0 bridgehead atoms. The van der Waals surface area contributed by atoms with Gasteiger partial charge in [0.2, 0.25) is 11.1 Å². The van der Waals surface area contributed by atoms with Gasteiger partial charge in [-0.2, -0.15) is 14.5 Å². The zero-order valence-electron chi connectivity index (χ0n) is 13.4. The van der Waals surface area contributed by atoms with Crippen molar-refractivity contribution in [2.75, 3.05) is 24.9 Å². The van der Waals surface area contributed by atoms with Crippen LogP contribution in [-0.4, -0.2) is 59.0 Å². The van der Waals surface area contributed by atoms with Crippen LogP contribution in [0, 0.1) is 6.92 Å². The monoisotopic (exact) mass is 370 g/mol. The van der Waals surface area contributed by atoms with Crippen molar-refractivity contribution in [2.45, 2.75) is 23.7 Å². The highest BCUT2D eigenvalue weighted by molar-refractivity contribution is 7.98. The molecule has 0 fully saturated rings. The Kier molecular flexibility index (Phi) is 6.23. The zero-order chi connectivity index (χ0) is 17.7. The smallest absolute Gasteiger partial charge is 0.277 e. The molecule has 0 radical (unpaired) electrons. The van der Waals surface area contributed by atoms with Crippen LogP contribution in [0.4, 0.5) is 5.95 Å². The standard InChI is InChI=1S/C9H12N4O2S.C3H6N4S/c1-5-6(3-4-14)7(15)13-8(10-5)11-9(12-13)16-2;1-8-3-5-2(4)6-7-3/h14H,3-4H2,1-2H3,(H,10,11,12);1H3,(H3,4,5,6,7). The van der Waals surface area contributed by atoms with E-state index in [1.807, 2.05) is 12.5 Å². The largest absolute Gasteiger partial charge is 0.396 e. The highest BCUT2D eigenvalue weighted by Crippen LogP contribution is 2.09. The van der Waals surface area contributed by atoms with Crippen molar-refractivity contribution in [3.8, 4) is 0 Å². The second-order valence-corrected chi connectivity index (χ2v) is 6.10. The van der Waals surface area contributed by atoms with Crippen LogP contribution in [0.15, 0.2) is 15.1 Å². The van der Waals surface area contributed by atoms with E-state index in [0.717, 1.165) is 0 Å². The van der Waals surface area contributed by atoms with Gasteiger partial charge in [0.15, 0.2) is 5.16 Å². The van der Waals surface area contributed by atoms with Crippen LogP contribution in [0.3, 0.4) is 0 Å². The SMILES string of the molecule is CSc1n[nH]c(N)n1.CSc1nc2nc(C)c(CCO)c(=O)n2[nH]1. The minimum atomic E-state index is -0.190. The van der Waals surface area contributed by atoms with E-state index in [-0.39, 0.29) is 12.2 Å². The van der Waals surface area contributed by atoms with Crippen molar-refractivity contribution in [3.63, 3.8) is 0 Å². The fraction of sp³-hybridized carbons (Fsp3) is 0.417. The van der Waals surface area contributed by atoms with Crippen LogP contribution >= 0.6 is 23.5 Å². The molecule has 3 rings (SSSR count). The van der Waals surface area contributed by atoms with Gasteiger partial charge in [0.25, 0.3) is 11.3 Å². The van der Waals surface area contributed by atoms with Gasteiger partial charge in [-0.25, -0.2) is 10.1 Å². The third-order valence-electron chi connectivity index (χ3n) is 2.99. The number of nitrogens with zero attached hydrogens (tertiary/aromatic N) is 5. The number of aliphatic hydroxyl groups excluding tert-OH is 1. The number of thioether (sulfide) groups is 2. The first kappa shape index (κ1) is 18.3. The number of aliphatic hydroxyl groups is 1. The molecule has 0 atom stereocenters. The van der Waals surface area contributed by atoms with Gasteiger partial charge in [0, 0.05) is 18.6 Å². The Morgan fingerprint density at radius 1 is 1.25 bits per heavy atom. The van der Waals surface area contributed by atoms with Crippen LogP contribution in [0.1, 0.15) is 11.3 Å². The highest BCUT2D eigenvalue weighted by atomic mass is 32.2. The Balaban J connectivity index is 0.000000219. The van der Waals surface area contributed by atoms with Crippen LogP contribution in [0.2, 0.25) is 0 Å². The van der Waals surface area contributed by atoms with Gasteiger partial charge in [0.1, 0.15) is 0 Å². The molecule has 3 aromatic heterocycles. The van der Waals surface area contributed by atoms with E-state index in [0.29, 0.717) is 39.7 Å². The summed E-state index contributed by atoms with van der Waals surface area (Å²) in [5.41, 5.74) is 6.17. The summed E-state index contributed by atoms with van der Waals surface area (Å²) in [4.78, 5) is 24.2. The molecule has 0 unspecified atom stereocenters. The fourth-order valence-corrected chi connectivity index (χ4v) is 2.56. The molecular weight excluding hydrogens is 352 g/mol. The highest BCUT2D eigenvalue weighted by Gasteiger charge is 2.12. The Bertz CT molecular complexity index is 872. The lowest BCUT2D eigenvalue weighted by Crippen LogP contribution is -2.22. The molecule has 0 aliphatic rings. The number of nitrogens with one attached hydrogen (secondary N) is 2. The minimum absolute atomic E-state index is 0.0622. The quantitative estimate of drug-likeness (QED) is 0.468. The summed E-state index contributed by atoms with van der Waals surface area (Å²) in [5, 5.41) is 19.3. The summed E-state index contributed by atoms with van der Waals surface area (Å²) in [6, 6.07) is 0. The van der Waals surface area contributed by atoms with Crippen LogP contribution in [-0.2, 0) is 6.42 Å². The van der Waals surface area contributed by atoms with E-state index in [9.17, 15) is 4.79 Å². The maximum absolute atomic E-state index is 12.0. The van der Waals surface area contributed by atoms with Gasteiger partial charge in [-0.3, -0.25) is 9.89 Å². The number of aryl methyl sites for hydroxylation is 1. The zero-order valence-corrected chi connectivity index (χ0v) is 15.0. The number of aromatic amines is 2. The lowest BCUT2D eigenvalue weighted by molar-refractivity contribution is 0.298. The predicted octanol–water partition coefficient (Wildman–Crippen LogP) is 0.0915. The Hall–Kier alpha value is -2.05. The molecule has 0 saturated carbocycles. The van der Waals surface area contributed by atoms with Gasteiger partial charge in [0.05, 0.1) is 5.69 Å². The van der Waals surface area contributed by atoms with E-state index < -0.39 is 0 Å². The van der Waals surface area contributed by atoms with E-state index in [4.69, 9.17) is 10.8 Å². The van der Waals surface area contributed by atoms with Crippen LogP contribution in [0.25, 0.3) is 5.78 Å². The molecule has 12 heteroatoms. The Morgan fingerprint density at radius 2 is 2.00 bits per heavy atom. The average Bonchev–Trinajstić information content (AvgIpc) is 3.17. The number of hydrogen-bond acceptors (Lipinski definition) is 9. The summed E-state index contributed by atoms with van der Waals surface area (Å²) < 4.78 is 1.31. The first-order valence-electron chi connectivity index (χ1n) is 6.85. The normalized spacial score (nSPS) is 10.7. The lowest BCUT2D eigenvalue weighted by Gasteiger charge is -2.01. The van der Waals surface area contributed by atoms with Gasteiger partial charge in [-0.1, -0.05) is 23.5 Å². The molecule has 3 heterocycles. The first-order chi connectivity index (χ1) is 11.5. The van der Waals surface area contributed by atoms with Crippen LogP contribution in [0.5, 0.6) is 0 Å². The van der Waals surface area contributed by atoms with E-state index in [1.165, 1.54) is 28.0 Å². The lowest BCUT2D eigenvalue weighted by atomic mass is 10.2. The van der Waals surface area contributed by atoms with Crippen molar-refractivity contribution in [1.29, 1.82) is 0 Å². The third kappa shape index (κ3) is 4.07. The first-order valence-corrected chi connectivity index (χ1v) is 9.30. The van der Waals surface area contributed by atoms with Crippen LogP contribution < -0.4 is 11.3 Å². The van der Waals surface area contributed by atoms with Gasteiger partial charge >= 0.3 is 0 Å². The second kappa shape index (κ2) is 8.17. The molecule has 3 aromatic rings. The average molecular weight is 370 g/mol. The minimum Gasteiger partial charge on any atom is -0.396 e. The molecule has 130 valence electrons. The van der Waals surface area contributed by atoms with Gasteiger partial charge in [-0.15, -0.1) is 5.10 Å². The maximum Gasteiger partial charge on any atom is 0.277 e. The third-order valence-corrected chi connectivity index (χ3v) is 4.11. The van der Waals surface area contributed by atoms with E-state index in [1.54, 1.807) is 6.92 Å². The van der Waals surface area contributed by atoms with E-state index in [2.05, 4.69) is 30.2 Å². The fourth-order valence-electron chi connectivity index (χ4n) is 1.88. The molecule has 0 saturated heterocycles. The van der Waals surface area contributed by atoms with Crippen molar-refractivity contribution >= 4 is 35.2 Å². The number of anilines is 1. The topological polar surface area (TPSA) is 151 Å². The summed E-state index contributed by atoms with van der Waals surface area (Å²) in [5.74, 6) is 0.739. The van der Waals surface area contributed by atoms with E-state index >= 15 is 0 Å². The number of rotatable bonds is 4. The Labute approximate surface area is 145 Å². The number of nitrogen functional groups attached to an aromatic ring is 1. The number of nitrogens with two attached hydrogens (primary N) is 1. The van der Waals surface area contributed by atoms with Crippen molar-refractivity contribution in [3.05, 3.63) is 21.6 Å². The van der Waals surface area contributed by atoms with Crippen molar-refractivity contribution in [2.24, 2.45) is 0 Å². The summed E-state index contributed by atoms with van der Waals surface area (Å²) in [6.07, 6.45) is 4.07. The summed E-state index contributed by atoms with van der Waals surface area (Å²) >= 11 is 2.87. The number of fused-ring (bicyclic) bond motifs is 1. The molecule has 0 aromatic carbocycles. The molecule has 10 nitrogen and oxygen atoms in total. The summed E-state index contributed by atoms with van der Waals surface area (Å²) in [6.45, 7) is 1.69. The molecule has 0 aliphatic heterocycles.